The number of cyclic esters (lactones) is 2. The summed E-state index contributed by atoms with van der Waals surface area (Å²) in [5.74, 6) is -2.65. The van der Waals surface area contributed by atoms with Crippen molar-refractivity contribution in [3.63, 3.8) is 0 Å². The summed E-state index contributed by atoms with van der Waals surface area (Å²) in [5.41, 5.74) is 0.466. The SMILES string of the molecule is CC1(C)OC(=O)C(=CNc2cccnc2)C(=O)O1. The van der Waals surface area contributed by atoms with Gasteiger partial charge in [-0.05, 0) is 12.1 Å². The van der Waals surface area contributed by atoms with Crippen LogP contribution in [0.4, 0.5) is 5.69 Å². The highest BCUT2D eigenvalue weighted by molar-refractivity contribution is 6.15. The lowest BCUT2D eigenvalue weighted by atomic mass is 10.2. The Morgan fingerprint density at radius 2 is 1.94 bits per heavy atom. The second kappa shape index (κ2) is 4.48. The second-order valence-corrected chi connectivity index (χ2v) is 4.12. The number of esters is 2. The number of ether oxygens (including phenoxy) is 2. The Labute approximate surface area is 104 Å². The monoisotopic (exact) mass is 248 g/mol. The largest absolute Gasteiger partial charge is 0.419 e. The molecule has 1 aromatic heterocycles. The molecule has 1 aliphatic rings. The van der Waals surface area contributed by atoms with Crippen LogP contribution in [0, 0.1) is 0 Å². The van der Waals surface area contributed by atoms with Crippen LogP contribution >= 0.6 is 0 Å². The number of anilines is 1. The smallest absolute Gasteiger partial charge is 0.350 e. The first-order chi connectivity index (χ1) is 8.48. The maximum atomic E-state index is 11.6. The molecule has 0 bridgehead atoms. The summed E-state index contributed by atoms with van der Waals surface area (Å²) >= 11 is 0. The van der Waals surface area contributed by atoms with E-state index in [1.54, 1.807) is 24.5 Å². The molecule has 0 amide bonds. The quantitative estimate of drug-likeness (QED) is 0.481. The molecular formula is C12H12N2O4. The van der Waals surface area contributed by atoms with Crippen LogP contribution in [0.3, 0.4) is 0 Å². The van der Waals surface area contributed by atoms with Gasteiger partial charge in [0.15, 0.2) is 5.57 Å². The third-order valence-electron chi connectivity index (χ3n) is 2.16. The molecular weight excluding hydrogens is 236 g/mol. The van der Waals surface area contributed by atoms with Crippen LogP contribution in [0.5, 0.6) is 0 Å². The Kier molecular flexibility index (Phi) is 3.01. The lowest BCUT2D eigenvalue weighted by molar-refractivity contribution is -0.222. The Morgan fingerprint density at radius 3 is 2.50 bits per heavy atom. The number of hydrogen-bond donors (Lipinski definition) is 1. The first-order valence-corrected chi connectivity index (χ1v) is 5.31. The van der Waals surface area contributed by atoms with Crippen molar-refractivity contribution in [3.05, 3.63) is 36.3 Å². The highest BCUT2D eigenvalue weighted by Gasteiger charge is 2.38. The van der Waals surface area contributed by atoms with Crippen LogP contribution in [0.2, 0.25) is 0 Å². The Bertz CT molecular complexity index is 486. The summed E-state index contributed by atoms with van der Waals surface area (Å²) in [6.07, 6.45) is 4.42. The third-order valence-corrected chi connectivity index (χ3v) is 2.16. The van der Waals surface area contributed by atoms with Gasteiger partial charge in [0.05, 0.1) is 11.9 Å². The molecule has 1 fully saturated rings. The maximum Gasteiger partial charge on any atom is 0.350 e. The average Bonchev–Trinajstić information content (AvgIpc) is 2.27. The summed E-state index contributed by atoms with van der Waals surface area (Å²) in [6, 6.07) is 3.47. The number of hydrogen-bond acceptors (Lipinski definition) is 6. The average molecular weight is 248 g/mol. The lowest BCUT2D eigenvalue weighted by Crippen LogP contribution is -2.42. The molecule has 0 atom stereocenters. The van der Waals surface area contributed by atoms with Crippen LogP contribution in [0.15, 0.2) is 36.3 Å². The van der Waals surface area contributed by atoms with E-state index < -0.39 is 17.7 Å². The van der Waals surface area contributed by atoms with Crippen LogP contribution < -0.4 is 5.32 Å². The van der Waals surface area contributed by atoms with E-state index in [0.29, 0.717) is 5.69 Å². The van der Waals surface area contributed by atoms with E-state index in [2.05, 4.69) is 10.3 Å². The van der Waals surface area contributed by atoms with Crippen molar-refractivity contribution in [3.8, 4) is 0 Å². The lowest BCUT2D eigenvalue weighted by Gasteiger charge is -2.29. The van der Waals surface area contributed by atoms with Gasteiger partial charge in [-0.3, -0.25) is 4.98 Å². The zero-order valence-corrected chi connectivity index (χ0v) is 9.97. The zero-order valence-electron chi connectivity index (χ0n) is 9.97. The number of aromatic nitrogens is 1. The molecule has 1 aromatic rings. The number of carbonyl (C=O) groups excluding carboxylic acids is 2. The van der Waals surface area contributed by atoms with Gasteiger partial charge in [0, 0.05) is 26.2 Å². The first kappa shape index (κ1) is 12.1. The Hall–Kier alpha value is -2.37. The van der Waals surface area contributed by atoms with Gasteiger partial charge in [0.25, 0.3) is 5.79 Å². The highest BCUT2D eigenvalue weighted by Crippen LogP contribution is 2.22. The predicted octanol–water partition coefficient (Wildman–Crippen LogP) is 1.21. The molecule has 1 aliphatic heterocycles. The molecule has 6 heteroatoms. The van der Waals surface area contributed by atoms with E-state index in [1.807, 2.05) is 0 Å². The van der Waals surface area contributed by atoms with E-state index in [0.717, 1.165) is 0 Å². The molecule has 94 valence electrons. The summed E-state index contributed by atoms with van der Waals surface area (Å²) in [5, 5.41) is 2.78. The minimum Gasteiger partial charge on any atom is -0.419 e. The van der Waals surface area contributed by atoms with Gasteiger partial charge >= 0.3 is 11.9 Å². The summed E-state index contributed by atoms with van der Waals surface area (Å²) in [7, 11) is 0. The van der Waals surface area contributed by atoms with Crippen molar-refractivity contribution >= 4 is 17.6 Å². The van der Waals surface area contributed by atoms with E-state index >= 15 is 0 Å². The molecule has 6 nitrogen and oxygen atoms in total. The molecule has 1 N–H and O–H groups in total. The molecule has 0 spiro atoms. The molecule has 0 aliphatic carbocycles. The molecule has 0 radical (unpaired) electrons. The Balaban J connectivity index is 2.14. The van der Waals surface area contributed by atoms with Gasteiger partial charge in [-0.25, -0.2) is 9.59 Å². The minimum absolute atomic E-state index is 0.182. The first-order valence-electron chi connectivity index (χ1n) is 5.31. The molecule has 2 heterocycles. The number of rotatable bonds is 2. The van der Waals surface area contributed by atoms with E-state index in [4.69, 9.17) is 9.47 Å². The number of nitrogens with zero attached hydrogens (tertiary/aromatic N) is 1. The number of pyridine rings is 1. The van der Waals surface area contributed by atoms with Crippen molar-refractivity contribution in [1.82, 2.24) is 4.98 Å². The van der Waals surface area contributed by atoms with E-state index in [9.17, 15) is 9.59 Å². The van der Waals surface area contributed by atoms with Crippen molar-refractivity contribution in [2.75, 3.05) is 5.32 Å². The fourth-order valence-corrected chi connectivity index (χ4v) is 1.38. The van der Waals surface area contributed by atoms with Gasteiger partial charge in [0.2, 0.25) is 0 Å². The van der Waals surface area contributed by atoms with Crippen molar-refractivity contribution < 1.29 is 19.1 Å². The minimum atomic E-state index is -1.22. The van der Waals surface area contributed by atoms with E-state index in [1.165, 1.54) is 20.0 Å². The molecule has 0 aromatic carbocycles. The Morgan fingerprint density at radius 1 is 1.28 bits per heavy atom. The van der Waals surface area contributed by atoms with Gasteiger partial charge in [-0.1, -0.05) is 0 Å². The van der Waals surface area contributed by atoms with Crippen LogP contribution in [-0.2, 0) is 19.1 Å². The van der Waals surface area contributed by atoms with Crippen molar-refractivity contribution in [2.45, 2.75) is 19.6 Å². The van der Waals surface area contributed by atoms with Crippen molar-refractivity contribution in [2.24, 2.45) is 0 Å². The van der Waals surface area contributed by atoms with Crippen molar-refractivity contribution in [1.29, 1.82) is 0 Å². The van der Waals surface area contributed by atoms with Gasteiger partial charge < -0.3 is 14.8 Å². The standard InChI is InChI=1S/C12H12N2O4/c1-12(2)17-10(15)9(11(16)18-12)7-14-8-4-3-5-13-6-8/h3-7,14H,1-2H3. The summed E-state index contributed by atoms with van der Waals surface area (Å²) < 4.78 is 9.88. The fraction of sp³-hybridized carbons (Fsp3) is 0.250. The molecule has 18 heavy (non-hydrogen) atoms. The molecule has 1 saturated heterocycles. The van der Waals surface area contributed by atoms with Gasteiger partial charge in [-0.2, -0.15) is 0 Å². The van der Waals surface area contributed by atoms with Gasteiger partial charge in [0.1, 0.15) is 0 Å². The zero-order chi connectivity index (χ0) is 13.2. The maximum absolute atomic E-state index is 11.6. The number of nitrogens with one attached hydrogen (secondary N) is 1. The second-order valence-electron chi connectivity index (χ2n) is 4.12. The molecule has 2 rings (SSSR count). The van der Waals surface area contributed by atoms with Gasteiger partial charge in [-0.15, -0.1) is 0 Å². The predicted molar refractivity (Wildman–Crippen MR) is 62.2 cm³/mol. The van der Waals surface area contributed by atoms with E-state index in [-0.39, 0.29) is 5.57 Å². The van der Waals surface area contributed by atoms with Crippen LogP contribution in [-0.4, -0.2) is 22.7 Å². The number of carbonyl (C=O) groups is 2. The summed E-state index contributed by atoms with van der Waals surface area (Å²) in [6.45, 7) is 2.99. The highest BCUT2D eigenvalue weighted by atomic mass is 16.7. The fourth-order valence-electron chi connectivity index (χ4n) is 1.38. The molecule has 0 saturated carbocycles. The molecule has 0 unspecified atom stereocenters. The van der Waals surface area contributed by atoms with Crippen LogP contribution in [0.25, 0.3) is 0 Å². The normalized spacial score (nSPS) is 17.8. The summed E-state index contributed by atoms with van der Waals surface area (Å²) in [4.78, 5) is 27.1. The topological polar surface area (TPSA) is 77.5 Å². The third kappa shape index (κ3) is 2.65. The van der Waals surface area contributed by atoms with Crippen LogP contribution in [0.1, 0.15) is 13.8 Å².